The second-order valence-corrected chi connectivity index (χ2v) is 6.11. The van der Waals surface area contributed by atoms with Gasteiger partial charge in [-0.15, -0.1) is 0 Å². The highest BCUT2D eigenvalue weighted by molar-refractivity contribution is 5.30. The maximum atomic E-state index is 9.24. The van der Waals surface area contributed by atoms with E-state index in [4.69, 9.17) is 5.26 Å². The Hall–Kier alpha value is -1.84. The summed E-state index contributed by atoms with van der Waals surface area (Å²) < 4.78 is 0. The lowest BCUT2D eigenvalue weighted by Crippen LogP contribution is -2.32. The van der Waals surface area contributed by atoms with Gasteiger partial charge in [0.2, 0.25) is 0 Å². The molecule has 0 spiro atoms. The van der Waals surface area contributed by atoms with Crippen LogP contribution < -0.4 is 0 Å². The quantitative estimate of drug-likeness (QED) is 0.828. The average molecular weight is 281 g/mol. The van der Waals surface area contributed by atoms with Gasteiger partial charge in [0.05, 0.1) is 18.1 Å². The maximum absolute atomic E-state index is 9.24. The molecule has 3 heteroatoms. The molecular formula is C18H23N3. The summed E-state index contributed by atoms with van der Waals surface area (Å²) in [5, 5.41) is 17.9. The van der Waals surface area contributed by atoms with Crippen molar-refractivity contribution in [2.45, 2.75) is 45.1 Å². The van der Waals surface area contributed by atoms with Crippen LogP contribution in [0.3, 0.4) is 0 Å². The van der Waals surface area contributed by atoms with E-state index in [9.17, 15) is 5.26 Å². The van der Waals surface area contributed by atoms with Crippen molar-refractivity contribution in [3.05, 3.63) is 35.4 Å². The van der Waals surface area contributed by atoms with E-state index < -0.39 is 0 Å². The van der Waals surface area contributed by atoms with Crippen LogP contribution in [0.15, 0.2) is 24.3 Å². The van der Waals surface area contributed by atoms with Crippen LogP contribution in [0.4, 0.5) is 0 Å². The number of hydrogen-bond donors (Lipinski definition) is 0. The minimum absolute atomic E-state index is 0.0253. The molecule has 110 valence electrons. The highest BCUT2D eigenvalue weighted by Crippen LogP contribution is 2.33. The summed E-state index contributed by atoms with van der Waals surface area (Å²) in [6, 6.07) is 13.6. The lowest BCUT2D eigenvalue weighted by molar-refractivity contribution is 0.240. The van der Waals surface area contributed by atoms with Crippen LogP contribution in [-0.4, -0.2) is 24.0 Å². The van der Waals surface area contributed by atoms with Crippen molar-refractivity contribution in [2.75, 3.05) is 13.1 Å². The molecule has 2 rings (SSSR count). The molecule has 1 fully saturated rings. The Kier molecular flexibility index (Phi) is 5.37. The summed E-state index contributed by atoms with van der Waals surface area (Å²) in [5.74, 6) is 0.541. The molecule has 0 aromatic heterocycles. The van der Waals surface area contributed by atoms with Crippen LogP contribution in [0.2, 0.25) is 0 Å². The molecule has 1 aliphatic rings. The second-order valence-electron chi connectivity index (χ2n) is 6.11. The summed E-state index contributed by atoms with van der Waals surface area (Å²) in [6.45, 7) is 6.24. The van der Waals surface area contributed by atoms with Gasteiger partial charge in [0.25, 0.3) is 0 Å². The van der Waals surface area contributed by atoms with Gasteiger partial charge in [-0.25, -0.2) is 0 Å². The summed E-state index contributed by atoms with van der Waals surface area (Å²) >= 11 is 0. The third-order valence-electron chi connectivity index (χ3n) is 4.57. The van der Waals surface area contributed by atoms with Crippen molar-refractivity contribution >= 4 is 0 Å². The van der Waals surface area contributed by atoms with Gasteiger partial charge >= 0.3 is 0 Å². The Balaban J connectivity index is 2.00. The smallest absolute Gasteiger partial charge is 0.0669 e. The molecule has 0 bridgehead atoms. The Morgan fingerprint density at radius 2 is 2.10 bits per heavy atom. The maximum Gasteiger partial charge on any atom is 0.0669 e. The Labute approximate surface area is 127 Å². The number of nitriles is 2. The Morgan fingerprint density at radius 1 is 1.33 bits per heavy atom. The number of hydrogen-bond acceptors (Lipinski definition) is 3. The number of aryl methyl sites for hydroxylation is 1. The zero-order valence-corrected chi connectivity index (χ0v) is 12.9. The van der Waals surface area contributed by atoms with Gasteiger partial charge in [0, 0.05) is 25.6 Å². The first-order valence-corrected chi connectivity index (χ1v) is 7.71. The molecule has 0 N–H and O–H groups in total. The first kappa shape index (κ1) is 15.5. The van der Waals surface area contributed by atoms with E-state index in [1.165, 1.54) is 11.1 Å². The van der Waals surface area contributed by atoms with Crippen molar-refractivity contribution in [3.8, 4) is 12.1 Å². The van der Waals surface area contributed by atoms with Gasteiger partial charge in [-0.05, 0) is 43.7 Å². The summed E-state index contributed by atoms with van der Waals surface area (Å²) in [7, 11) is 0. The normalized spacial score (nSPS) is 23.4. The molecule has 1 aromatic carbocycles. The molecule has 1 heterocycles. The predicted octanol–water partition coefficient (Wildman–Crippen LogP) is 3.62. The van der Waals surface area contributed by atoms with Gasteiger partial charge in [-0.1, -0.05) is 24.3 Å². The molecule has 1 saturated heterocycles. The van der Waals surface area contributed by atoms with Gasteiger partial charge in [-0.3, -0.25) is 4.90 Å². The predicted molar refractivity (Wildman–Crippen MR) is 83.5 cm³/mol. The van der Waals surface area contributed by atoms with Crippen LogP contribution in [0, 0.1) is 35.5 Å². The van der Waals surface area contributed by atoms with Crippen LogP contribution in [-0.2, 0) is 0 Å². The van der Waals surface area contributed by atoms with Crippen LogP contribution in [0.25, 0.3) is 0 Å². The van der Waals surface area contributed by atoms with Crippen LogP contribution >= 0.6 is 0 Å². The molecule has 0 radical (unpaired) electrons. The molecule has 1 aromatic rings. The highest BCUT2D eigenvalue weighted by Gasteiger charge is 2.31. The largest absolute Gasteiger partial charge is 0.299 e. The van der Waals surface area contributed by atoms with Gasteiger partial charge in [0.1, 0.15) is 0 Å². The Bertz CT molecular complexity index is 552. The molecule has 1 aliphatic heterocycles. The standard InChI is InChI=1S/C18H23N3/c1-14-6-3-4-8-18(14)17-10-15(2)21(13-17)12-16(11-20)7-5-9-19/h3-4,6,8,15-17H,5,7,10,12-13H2,1-2H3. The number of likely N-dealkylation sites (tertiary alicyclic amines) is 1. The summed E-state index contributed by atoms with van der Waals surface area (Å²) in [4.78, 5) is 2.42. The molecule has 3 nitrogen and oxygen atoms in total. The van der Waals surface area contributed by atoms with Crippen molar-refractivity contribution in [1.82, 2.24) is 4.90 Å². The molecule has 3 atom stereocenters. The van der Waals surface area contributed by atoms with Crippen LogP contribution in [0.5, 0.6) is 0 Å². The number of nitrogens with zero attached hydrogens (tertiary/aromatic N) is 3. The SMILES string of the molecule is Cc1ccccc1C1CC(C)N(CC(C#N)CCC#N)C1. The zero-order chi connectivity index (χ0) is 15.2. The first-order valence-electron chi connectivity index (χ1n) is 7.71. The second kappa shape index (κ2) is 7.25. The van der Waals surface area contributed by atoms with E-state index in [1.807, 2.05) is 0 Å². The van der Waals surface area contributed by atoms with Gasteiger partial charge in [0.15, 0.2) is 0 Å². The van der Waals surface area contributed by atoms with E-state index in [1.54, 1.807) is 0 Å². The minimum Gasteiger partial charge on any atom is -0.299 e. The van der Waals surface area contributed by atoms with E-state index in [-0.39, 0.29) is 5.92 Å². The zero-order valence-electron chi connectivity index (χ0n) is 12.9. The van der Waals surface area contributed by atoms with Crippen molar-refractivity contribution in [1.29, 1.82) is 10.5 Å². The van der Waals surface area contributed by atoms with Gasteiger partial charge in [-0.2, -0.15) is 10.5 Å². The minimum atomic E-state index is -0.0253. The van der Waals surface area contributed by atoms with Crippen molar-refractivity contribution in [2.24, 2.45) is 5.92 Å². The van der Waals surface area contributed by atoms with E-state index in [0.29, 0.717) is 24.8 Å². The fraction of sp³-hybridized carbons (Fsp3) is 0.556. The molecule has 0 aliphatic carbocycles. The fourth-order valence-electron chi connectivity index (χ4n) is 3.34. The van der Waals surface area contributed by atoms with Crippen molar-refractivity contribution in [3.63, 3.8) is 0 Å². The lowest BCUT2D eigenvalue weighted by atomic mass is 9.93. The first-order chi connectivity index (χ1) is 10.2. The third kappa shape index (κ3) is 3.84. The number of rotatable bonds is 5. The Morgan fingerprint density at radius 3 is 2.76 bits per heavy atom. The average Bonchev–Trinajstić information content (AvgIpc) is 2.84. The molecule has 0 amide bonds. The summed E-state index contributed by atoms with van der Waals surface area (Å²) in [6.07, 6.45) is 2.31. The van der Waals surface area contributed by atoms with E-state index >= 15 is 0 Å². The van der Waals surface area contributed by atoms with E-state index in [2.05, 4.69) is 55.2 Å². The molecule has 0 saturated carbocycles. The molecular weight excluding hydrogens is 258 g/mol. The molecule has 21 heavy (non-hydrogen) atoms. The van der Waals surface area contributed by atoms with Gasteiger partial charge < -0.3 is 0 Å². The monoisotopic (exact) mass is 281 g/mol. The highest BCUT2D eigenvalue weighted by atomic mass is 15.2. The number of benzene rings is 1. The van der Waals surface area contributed by atoms with Crippen LogP contribution in [0.1, 0.15) is 43.2 Å². The van der Waals surface area contributed by atoms with E-state index in [0.717, 1.165) is 19.5 Å². The topological polar surface area (TPSA) is 50.8 Å². The lowest BCUT2D eigenvalue weighted by Gasteiger charge is -2.23. The summed E-state index contributed by atoms with van der Waals surface area (Å²) in [5.41, 5.74) is 2.80. The molecule has 3 unspecified atom stereocenters. The fourth-order valence-corrected chi connectivity index (χ4v) is 3.34. The third-order valence-corrected chi connectivity index (χ3v) is 4.57. The van der Waals surface area contributed by atoms with Crippen molar-refractivity contribution < 1.29 is 0 Å².